The summed E-state index contributed by atoms with van der Waals surface area (Å²) in [6, 6.07) is 8.42. The zero-order chi connectivity index (χ0) is 19.8. The summed E-state index contributed by atoms with van der Waals surface area (Å²) in [4.78, 5) is 4.29. The molecule has 6 nitrogen and oxygen atoms in total. The van der Waals surface area contributed by atoms with Crippen molar-refractivity contribution in [1.29, 1.82) is 0 Å². The van der Waals surface area contributed by atoms with E-state index >= 15 is 0 Å². The fourth-order valence-corrected chi connectivity index (χ4v) is 4.44. The molecule has 1 heterocycles. The second kappa shape index (κ2) is 12.6. The topological polar surface area (TPSA) is 67.1 Å². The summed E-state index contributed by atoms with van der Waals surface area (Å²) in [5, 5.41) is 17.3. The third kappa shape index (κ3) is 7.03. The van der Waals surface area contributed by atoms with Crippen LogP contribution in [0.15, 0.2) is 34.4 Å². The maximum absolute atomic E-state index is 6.04. The molecular formula is C20H30ClIN6S. The molecule has 0 saturated heterocycles. The number of hydrogen-bond donors (Lipinski definition) is 2. The van der Waals surface area contributed by atoms with Crippen LogP contribution in [0.1, 0.15) is 49.5 Å². The quantitative estimate of drug-likeness (QED) is 0.165. The van der Waals surface area contributed by atoms with Gasteiger partial charge in [0.25, 0.3) is 0 Å². The normalized spacial score (nSPS) is 14.7. The summed E-state index contributed by atoms with van der Waals surface area (Å²) in [5.41, 5.74) is 1.13. The van der Waals surface area contributed by atoms with Crippen LogP contribution in [0.3, 0.4) is 0 Å². The summed E-state index contributed by atoms with van der Waals surface area (Å²) in [7, 11) is 1.79. The summed E-state index contributed by atoms with van der Waals surface area (Å²) >= 11 is 7.73. The molecule has 0 unspecified atom stereocenters. The van der Waals surface area contributed by atoms with E-state index in [4.69, 9.17) is 11.6 Å². The maximum atomic E-state index is 6.04. The van der Waals surface area contributed by atoms with Crippen molar-refractivity contribution in [1.82, 2.24) is 25.4 Å². The van der Waals surface area contributed by atoms with Gasteiger partial charge in [-0.05, 0) is 43.2 Å². The van der Waals surface area contributed by atoms with E-state index in [1.54, 1.807) is 18.8 Å². The molecule has 3 rings (SSSR count). The number of thioether (sulfide) groups is 1. The minimum absolute atomic E-state index is 0. The Morgan fingerprint density at radius 2 is 2.07 bits per heavy atom. The minimum atomic E-state index is 0. The number of benzene rings is 1. The molecule has 0 atom stereocenters. The summed E-state index contributed by atoms with van der Waals surface area (Å²) < 4.78 is 2.38. The Labute approximate surface area is 199 Å². The molecule has 0 bridgehead atoms. The SMILES string of the molecule is CN=C(NCCCc1nnc(SC)n1C1CCCC1)NCc1cccc(Cl)c1.I. The van der Waals surface area contributed by atoms with E-state index in [0.29, 0.717) is 12.6 Å². The van der Waals surface area contributed by atoms with Crippen LogP contribution in [-0.2, 0) is 13.0 Å². The number of nitrogens with zero attached hydrogens (tertiary/aromatic N) is 4. The van der Waals surface area contributed by atoms with Gasteiger partial charge in [0, 0.05) is 37.6 Å². The van der Waals surface area contributed by atoms with Gasteiger partial charge in [-0.25, -0.2) is 0 Å². The Morgan fingerprint density at radius 3 is 2.76 bits per heavy atom. The largest absolute Gasteiger partial charge is 0.356 e. The molecule has 1 aliphatic rings. The molecule has 1 saturated carbocycles. The summed E-state index contributed by atoms with van der Waals surface area (Å²) in [5.74, 6) is 1.90. The van der Waals surface area contributed by atoms with E-state index in [-0.39, 0.29) is 24.0 Å². The van der Waals surface area contributed by atoms with Crippen LogP contribution in [0.25, 0.3) is 0 Å². The Kier molecular flexibility index (Phi) is 10.6. The number of hydrogen-bond acceptors (Lipinski definition) is 4. The van der Waals surface area contributed by atoms with Crippen molar-refractivity contribution in [2.75, 3.05) is 19.8 Å². The van der Waals surface area contributed by atoms with Crippen LogP contribution in [0.2, 0.25) is 5.02 Å². The van der Waals surface area contributed by atoms with Gasteiger partial charge in [0.2, 0.25) is 0 Å². The van der Waals surface area contributed by atoms with E-state index in [1.807, 2.05) is 24.3 Å². The Bertz CT molecular complexity index is 791. The van der Waals surface area contributed by atoms with Gasteiger partial charge in [-0.15, -0.1) is 34.2 Å². The number of aryl methyl sites for hydroxylation is 1. The molecule has 0 radical (unpaired) electrons. The summed E-state index contributed by atoms with van der Waals surface area (Å²) in [6.45, 7) is 1.52. The smallest absolute Gasteiger partial charge is 0.191 e. The van der Waals surface area contributed by atoms with Crippen molar-refractivity contribution >= 4 is 53.3 Å². The van der Waals surface area contributed by atoms with E-state index < -0.39 is 0 Å². The number of nitrogens with one attached hydrogen (secondary N) is 2. The molecule has 29 heavy (non-hydrogen) atoms. The van der Waals surface area contributed by atoms with E-state index in [1.165, 1.54) is 25.7 Å². The van der Waals surface area contributed by atoms with Gasteiger partial charge in [-0.3, -0.25) is 4.99 Å². The highest BCUT2D eigenvalue weighted by Gasteiger charge is 2.23. The van der Waals surface area contributed by atoms with Gasteiger partial charge in [-0.1, -0.05) is 48.3 Å². The minimum Gasteiger partial charge on any atom is -0.356 e. The van der Waals surface area contributed by atoms with Crippen LogP contribution in [0.4, 0.5) is 0 Å². The number of guanidine groups is 1. The van der Waals surface area contributed by atoms with E-state index in [0.717, 1.165) is 46.9 Å². The highest BCUT2D eigenvalue weighted by molar-refractivity contribution is 14.0. The van der Waals surface area contributed by atoms with Crippen LogP contribution in [-0.4, -0.2) is 40.6 Å². The second-order valence-electron chi connectivity index (χ2n) is 7.00. The molecule has 1 aliphatic carbocycles. The van der Waals surface area contributed by atoms with Crippen molar-refractivity contribution < 1.29 is 0 Å². The predicted molar refractivity (Wildman–Crippen MR) is 133 cm³/mol. The van der Waals surface area contributed by atoms with Gasteiger partial charge in [-0.2, -0.15) is 0 Å². The Morgan fingerprint density at radius 1 is 1.28 bits per heavy atom. The number of halogens is 2. The molecule has 1 fully saturated rings. The first-order valence-electron chi connectivity index (χ1n) is 9.88. The van der Waals surface area contributed by atoms with Gasteiger partial charge in [0.1, 0.15) is 5.82 Å². The molecule has 2 aromatic rings. The molecule has 0 amide bonds. The first-order valence-corrected chi connectivity index (χ1v) is 11.5. The zero-order valence-electron chi connectivity index (χ0n) is 17.0. The third-order valence-electron chi connectivity index (χ3n) is 5.05. The van der Waals surface area contributed by atoms with Crippen molar-refractivity contribution in [3.05, 3.63) is 40.7 Å². The molecular weight excluding hydrogens is 519 g/mol. The van der Waals surface area contributed by atoms with E-state index in [9.17, 15) is 0 Å². The van der Waals surface area contributed by atoms with Crippen molar-refractivity contribution in [2.45, 2.75) is 56.3 Å². The second-order valence-corrected chi connectivity index (χ2v) is 8.21. The Balaban J connectivity index is 0.00000300. The summed E-state index contributed by atoms with van der Waals surface area (Å²) in [6.07, 6.45) is 9.10. The lowest BCUT2D eigenvalue weighted by Gasteiger charge is -2.16. The fourth-order valence-electron chi connectivity index (χ4n) is 3.65. The average molecular weight is 549 g/mol. The molecule has 1 aromatic carbocycles. The number of aliphatic imine (C=N–C) groups is 1. The zero-order valence-corrected chi connectivity index (χ0v) is 20.9. The van der Waals surface area contributed by atoms with Crippen molar-refractivity contribution in [3.63, 3.8) is 0 Å². The molecule has 0 spiro atoms. The molecule has 0 aliphatic heterocycles. The molecule has 9 heteroatoms. The van der Waals surface area contributed by atoms with Gasteiger partial charge in [0.15, 0.2) is 11.1 Å². The molecule has 160 valence electrons. The lowest BCUT2D eigenvalue weighted by atomic mass is 10.2. The first kappa shape index (κ1) is 24.3. The van der Waals surface area contributed by atoms with Crippen molar-refractivity contribution in [2.24, 2.45) is 4.99 Å². The van der Waals surface area contributed by atoms with Gasteiger partial charge in [0.05, 0.1) is 0 Å². The highest BCUT2D eigenvalue weighted by atomic mass is 127. The average Bonchev–Trinajstić information content (AvgIpc) is 3.36. The Hall–Kier alpha value is -1.000. The van der Waals surface area contributed by atoms with Crippen LogP contribution in [0, 0.1) is 0 Å². The highest BCUT2D eigenvalue weighted by Crippen LogP contribution is 2.33. The van der Waals surface area contributed by atoms with Crippen LogP contribution in [0.5, 0.6) is 0 Å². The van der Waals surface area contributed by atoms with Crippen molar-refractivity contribution in [3.8, 4) is 0 Å². The van der Waals surface area contributed by atoms with Gasteiger partial charge < -0.3 is 15.2 Å². The lowest BCUT2D eigenvalue weighted by Crippen LogP contribution is -2.37. The van der Waals surface area contributed by atoms with Crippen LogP contribution >= 0.6 is 47.3 Å². The van der Waals surface area contributed by atoms with E-state index in [2.05, 4.69) is 36.6 Å². The number of rotatable bonds is 8. The maximum Gasteiger partial charge on any atom is 0.191 e. The monoisotopic (exact) mass is 548 g/mol. The molecule has 1 aromatic heterocycles. The lowest BCUT2D eigenvalue weighted by molar-refractivity contribution is 0.460. The molecule has 2 N–H and O–H groups in total. The first-order chi connectivity index (χ1) is 13.7. The standard InChI is InChI=1S/C20H29ClN6S.HI/c1-22-19(24-14-15-7-5-8-16(21)13-15)23-12-6-11-18-25-26-20(28-2)27(18)17-9-3-4-10-17;/h5,7-8,13,17H,3-4,6,9-12,14H2,1-2H3,(H2,22,23,24);1H. The third-order valence-corrected chi connectivity index (χ3v) is 5.93. The fraction of sp³-hybridized carbons (Fsp3) is 0.550. The van der Waals surface area contributed by atoms with Crippen LogP contribution < -0.4 is 10.6 Å². The predicted octanol–water partition coefficient (Wildman–Crippen LogP) is 4.68. The number of aromatic nitrogens is 3. The van der Waals surface area contributed by atoms with Gasteiger partial charge >= 0.3 is 0 Å².